The lowest BCUT2D eigenvalue weighted by molar-refractivity contribution is -0.133. The number of carbonyl (C=O) groups excluding carboxylic acids is 1. The van der Waals surface area contributed by atoms with Crippen LogP contribution in [0.25, 0.3) is 0 Å². The summed E-state index contributed by atoms with van der Waals surface area (Å²) >= 11 is 0. The summed E-state index contributed by atoms with van der Waals surface area (Å²) in [6.07, 6.45) is 0.301. The number of carbonyl (C=O) groups is 2. The Bertz CT molecular complexity index is 740. The summed E-state index contributed by atoms with van der Waals surface area (Å²) in [5.41, 5.74) is 1.29. The van der Waals surface area contributed by atoms with Gasteiger partial charge in [0.2, 0.25) is 0 Å². The highest BCUT2D eigenvalue weighted by Gasteiger charge is 2.05. The molecule has 4 nitrogen and oxygen atoms in total. The molecule has 0 atom stereocenters. The minimum Gasteiger partial charge on any atom is -0.478 e. The molecule has 0 heterocycles. The SMILES string of the molecule is O=C(Cc1ccccc1)Oc1ccccc1.O=C(O)c1ccccc1. The largest absolute Gasteiger partial charge is 0.478 e. The van der Waals surface area contributed by atoms with Crippen molar-refractivity contribution in [2.45, 2.75) is 6.42 Å². The maximum Gasteiger partial charge on any atom is 0.335 e. The monoisotopic (exact) mass is 334 g/mol. The molecule has 0 saturated carbocycles. The number of esters is 1. The number of rotatable bonds is 4. The van der Waals surface area contributed by atoms with Gasteiger partial charge >= 0.3 is 11.9 Å². The molecular formula is C21H18O4. The molecule has 0 spiro atoms. The maximum absolute atomic E-state index is 11.6. The molecule has 0 radical (unpaired) electrons. The highest BCUT2D eigenvalue weighted by molar-refractivity contribution is 5.87. The highest BCUT2D eigenvalue weighted by Crippen LogP contribution is 2.10. The molecule has 0 fully saturated rings. The predicted octanol–water partition coefficient (Wildman–Crippen LogP) is 4.22. The van der Waals surface area contributed by atoms with Crippen LogP contribution in [0.4, 0.5) is 0 Å². The summed E-state index contributed by atoms with van der Waals surface area (Å²) in [5.74, 6) is -0.531. The quantitative estimate of drug-likeness (QED) is 0.573. The van der Waals surface area contributed by atoms with Crippen molar-refractivity contribution in [3.8, 4) is 5.75 Å². The summed E-state index contributed by atoms with van der Waals surface area (Å²) < 4.78 is 5.18. The lowest BCUT2D eigenvalue weighted by atomic mass is 10.2. The number of carboxylic acid groups (broad SMARTS) is 1. The smallest absolute Gasteiger partial charge is 0.335 e. The predicted molar refractivity (Wildman–Crippen MR) is 95.6 cm³/mol. The fraction of sp³-hybridized carbons (Fsp3) is 0.0476. The molecule has 1 N–H and O–H groups in total. The number of hydrogen-bond acceptors (Lipinski definition) is 3. The molecule has 0 unspecified atom stereocenters. The van der Waals surface area contributed by atoms with E-state index in [2.05, 4.69) is 0 Å². The van der Waals surface area contributed by atoms with Gasteiger partial charge in [-0.1, -0.05) is 66.7 Å². The van der Waals surface area contributed by atoms with Gasteiger partial charge in [0.1, 0.15) is 5.75 Å². The molecule has 0 aliphatic carbocycles. The second kappa shape index (κ2) is 9.67. The van der Waals surface area contributed by atoms with Crippen LogP contribution in [-0.2, 0) is 11.2 Å². The first-order chi connectivity index (χ1) is 12.1. The Labute approximate surface area is 146 Å². The van der Waals surface area contributed by atoms with Crippen LogP contribution in [0.5, 0.6) is 5.75 Å². The highest BCUT2D eigenvalue weighted by atomic mass is 16.5. The van der Waals surface area contributed by atoms with E-state index in [4.69, 9.17) is 9.84 Å². The van der Waals surface area contributed by atoms with Crippen LogP contribution in [0.15, 0.2) is 91.0 Å². The summed E-state index contributed by atoms with van der Waals surface area (Å²) in [6.45, 7) is 0. The van der Waals surface area contributed by atoms with Crippen LogP contribution in [0.2, 0.25) is 0 Å². The normalized spacial score (nSPS) is 9.44. The van der Waals surface area contributed by atoms with Crippen molar-refractivity contribution in [1.29, 1.82) is 0 Å². The third-order valence-corrected chi connectivity index (χ3v) is 3.19. The average molecular weight is 334 g/mol. The van der Waals surface area contributed by atoms with E-state index in [1.54, 1.807) is 42.5 Å². The van der Waals surface area contributed by atoms with Gasteiger partial charge in [-0.25, -0.2) is 4.79 Å². The molecule has 0 aliphatic heterocycles. The van der Waals surface area contributed by atoms with E-state index in [0.717, 1.165) is 5.56 Å². The zero-order valence-corrected chi connectivity index (χ0v) is 13.5. The van der Waals surface area contributed by atoms with Gasteiger partial charge in [-0.05, 0) is 29.8 Å². The third-order valence-electron chi connectivity index (χ3n) is 3.19. The first-order valence-electron chi connectivity index (χ1n) is 7.73. The Morgan fingerprint density at radius 3 is 1.68 bits per heavy atom. The van der Waals surface area contributed by atoms with Crippen molar-refractivity contribution < 1.29 is 19.4 Å². The average Bonchev–Trinajstić information content (AvgIpc) is 2.64. The molecule has 126 valence electrons. The Kier molecular flexibility index (Phi) is 6.95. The number of para-hydroxylation sites is 1. The van der Waals surface area contributed by atoms with Crippen molar-refractivity contribution in [2.75, 3.05) is 0 Å². The van der Waals surface area contributed by atoms with Crippen LogP contribution in [0.1, 0.15) is 15.9 Å². The summed E-state index contributed by atoms with van der Waals surface area (Å²) in [4.78, 5) is 21.8. The molecule has 0 bridgehead atoms. The molecule has 0 saturated heterocycles. The Morgan fingerprint density at radius 1 is 0.720 bits per heavy atom. The molecule has 3 rings (SSSR count). The minimum absolute atomic E-state index is 0.239. The summed E-state index contributed by atoms with van der Waals surface area (Å²) in [5, 5.41) is 8.38. The number of benzene rings is 3. The van der Waals surface area contributed by atoms with E-state index in [-0.39, 0.29) is 5.97 Å². The lowest BCUT2D eigenvalue weighted by Crippen LogP contribution is -2.10. The van der Waals surface area contributed by atoms with Crippen LogP contribution < -0.4 is 4.74 Å². The summed E-state index contributed by atoms with van der Waals surface area (Å²) in [7, 11) is 0. The second-order valence-corrected chi connectivity index (χ2v) is 5.12. The van der Waals surface area contributed by atoms with E-state index >= 15 is 0 Å². The van der Waals surface area contributed by atoms with Gasteiger partial charge in [-0.2, -0.15) is 0 Å². The van der Waals surface area contributed by atoms with Crippen LogP contribution in [0, 0.1) is 0 Å². The van der Waals surface area contributed by atoms with E-state index in [9.17, 15) is 9.59 Å². The number of carboxylic acids is 1. The number of ether oxygens (including phenoxy) is 1. The zero-order valence-electron chi connectivity index (χ0n) is 13.5. The fourth-order valence-electron chi connectivity index (χ4n) is 2.00. The molecule has 25 heavy (non-hydrogen) atoms. The van der Waals surface area contributed by atoms with Crippen LogP contribution in [0.3, 0.4) is 0 Å². The van der Waals surface area contributed by atoms with Gasteiger partial charge in [0.25, 0.3) is 0 Å². The van der Waals surface area contributed by atoms with Crippen molar-refractivity contribution in [2.24, 2.45) is 0 Å². The van der Waals surface area contributed by atoms with Crippen LogP contribution >= 0.6 is 0 Å². The molecule has 0 amide bonds. The van der Waals surface area contributed by atoms with E-state index < -0.39 is 5.97 Å². The Balaban J connectivity index is 0.000000212. The topological polar surface area (TPSA) is 63.6 Å². The van der Waals surface area contributed by atoms with Crippen molar-refractivity contribution in [3.63, 3.8) is 0 Å². The minimum atomic E-state index is -0.879. The number of hydrogen-bond donors (Lipinski definition) is 1. The zero-order chi connectivity index (χ0) is 17.9. The van der Waals surface area contributed by atoms with E-state index in [1.807, 2.05) is 48.5 Å². The van der Waals surface area contributed by atoms with Gasteiger partial charge in [-0.15, -0.1) is 0 Å². The van der Waals surface area contributed by atoms with Gasteiger partial charge in [0.05, 0.1) is 12.0 Å². The molecule has 4 heteroatoms. The van der Waals surface area contributed by atoms with Gasteiger partial charge in [0, 0.05) is 0 Å². The van der Waals surface area contributed by atoms with Gasteiger partial charge in [-0.3, -0.25) is 4.79 Å². The molecule has 3 aromatic rings. The Morgan fingerprint density at radius 2 is 1.20 bits per heavy atom. The maximum atomic E-state index is 11.6. The van der Waals surface area contributed by atoms with E-state index in [0.29, 0.717) is 17.7 Å². The van der Waals surface area contributed by atoms with E-state index in [1.165, 1.54) is 0 Å². The molecular weight excluding hydrogens is 316 g/mol. The lowest BCUT2D eigenvalue weighted by Gasteiger charge is -2.03. The molecule has 0 aliphatic rings. The van der Waals surface area contributed by atoms with Crippen molar-refractivity contribution >= 4 is 11.9 Å². The Hall–Kier alpha value is -3.40. The standard InChI is InChI=1S/C14H12O2.C7H6O2/c15-14(11-12-7-3-1-4-8-12)16-13-9-5-2-6-10-13;8-7(9)6-4-2-1-3-5-6/h1-10H,11H2;1-5H,(H,8,9). The second-order valence-electron chi connectivity index (χ2n) is 5.12. The van der Waals surface area contributed by atoms with Crippen LogP contribution in [-0.4, -0.2) is 17.0 Å². The van der Waals surface area contributed by atoms with Gasteiger partial charge < -0.3 is 9.84 Å². The van der Waals surface area contributed by atoms with Crippen molar-refractivity contribution in [3.05, 3.63) is 102 Å². The molecule has 0 aromatic heterocycles. The first-order valence-corrected chi connectivity index (χ1v) is 7.73. The summed E-state index contributed by atoms with van der Waals surface area (Å²) in [6, 6.07) is 26.9. The third kappa shape index (κ3) is 6.71. The fourth-order valence-corrected chi connectivity index (χ4v) is 2.00. The van der Waals surface area contributed by atoms with Crippen molar-refractivity contribution in [1.82, 2.24) is 0 Å². The first kappa shape index (κ1) is 17.9. The molecule has 3 aromatic carbocycles. The van der Waals surface area contributed by atoms with Gasteiger partial charge in [0.15, 0.2) is 0 Å². The number of aromatic carboxylic acids is 1.